The monoisotopic (exact) mass is 286 g/mol. The summed E-state index contributed by atoms with van der Waals surface area (Å²) < 4.78 is 10.4. The lowest BCUT2D eigenvalue weighted by molar-refractivity contribution is -0.144. The molecule has 5 nitrogen and oxygen atoms in total. The lowest BCUT2D eigenvalue weighted by Crippen LogP contribution is -2.45. The van der Waals surface area contributed by atoms with E-state index in [0.717, 1.165) is 19.4 Å². The molecule has 0 radical (unpaired) electrons. The fourth-order valence-corrected chi connectivity index (χ4v) is 1.84. The van der Waals surface area contributed by atoms with Crippen LogP contribution in [0.5, 0.6) is 0 Å². The van der Waals surface area contributed by atoms with E-state index in [1.54, 1.807) is 0 Å². The molecule has 0 aromatic carbocycles. The van der Waals surface area contributed by atoms with E-state index in [0.29, 0.717) is 11.7 Å². The molecule has 0 aliphatic carbocycles. The Bertz CT molecular complexity index is 334. The Balaban J connectivity index is 2.22. The van der Waals surface area contributed by atoms with Crippen molar-refractivity contribution < 1.29 is 14.3 Å². The van der Waals surface area contributed by atoms with Crippen molar-refractivity contribution in [2.75, 3.05) is 19.8 Å². The van der Waals surface area contributed by atoms with Crippen LogP contribution >= 0.6 is 12.2 Å². The van der Waals surface area contributed by atoms with Crippen molar-refractivity contribution in [2.45, 2.75) is 38.8 Å². The number of carbonyl (C=O) groups excluding carboxylic acids is 1. The smallest absolute Gasteiger partial charge is 0.302 e. The molecule has 0 aromatic heterocycles. The predicted molar refractivity (Wildman–Crippen MR) is 77.9 cm³/mol. The summed E-state index contributed by atoms with van der Waals surface area (Å²) in [5.41, 5.74) is 0. The fraction of sp³-hybridized carbons (Fsp3) is 0.692. The molecule has 1 rings (SSSR count). The molecule has 6 heteroatoms. The Morgan fingerprint density at radius 2 is 2.32 bits per heavy atom. The van der Waals surface area contributed by atoms with Gasteiger partial charge in [-0.25, -0.2) is 0 Å². The van der Waals surface area contributed by atoms with Crippen molar-refractivity contribution in [3.8, 4) is 0 Å². The second-order valence-electron chi connectivity index (χ2n) is 4.42. The van der Waals surface area contributed by atoms with Crippen LogP contribution in [0.15, 0.2) is 12.2 Å². The highest BCUT2D eigenvalue weighted by molar-refractivity contribution is 7.80. The maximum atomic E-state index is 10.7. The van der Waals surface area contributed by atoms with E-state index in [4.69, 9.17) is 21.7 Å². The molecule has 2 N–H and O–H groups in total. The van der Waals surface area contributed by atoms with E-state index < -0.39 is 0 Å². The van der Waals surface area contributed by atoms with Crippen molar-refractivity contribution in [3.05, 3.63) is 12.2 Å². The Morgan fingerprint density at radius 1 is 1.53 bits per heavy atom. The van der Waals surface area contributed by atoms with Crippen LogP contribution in [0.3, 0.4) is 0 Å². The minimum absolute atomic E-state index is 0.0650. The summed E-state index contributed by atoms with van der Waals surface area (Å²) in [5.74, 6) is -0.293. The normalized spacial score (nSPS) is 21.8. The molecule has 1 aliphatic rings. The van der Waals surface area contributed by atoms with Crippen LogP contribution in [-0.4, -0.2) is 43.0 Å². The third kappa shape index (κ3) is 7.12. The molecule has 108 valence electrons. The molecule has 19 heavy (non-hydrogen) atoms. The predicted octanol–water partition coefficient (Wildman–Crippen LogP) is 1.14. The van der Waals surface area contributed by atoms with E-state index in [2.05, 4.69) is 17.6 Å². The first-order chi connectivity index (χ1) is 9.11. The number of carbonyl (C=O) groups is 1. The molecule has 0 spiro atoms. The molecule has 0 amide bonds. The van der Waals surface area contributed by atoms with Gasteiger partial charge in [0.25, 0.3) is 0 Å². The third-order valence-corrected chi connectivity index (χ3v) is 2.89. The number of unbranched alkanes of at least 4 members (excludes halogenated alkanes) is 1. The molecule has 0 saturated heterocycles. The Morgan fingerprint density at radius 3 is 2.89 bits per heavy atom. The van der Waals surface area contributed by atoms with Gasteiger partial charge < -0.3 is 20.1 Å². The maximum Gasteiger partial charge on any atom is 0.302 e. The second kappa shape index (κ2) is 8.87. The number of esters is 1. The molecule has 0 bridgehead atoms. The van der Waals surface area contributed by atoms with Gasteiger partial charge in [-0.3, -0.25) is 4.79 Å². The first kappa shape index (κ1) is 15.9. The van der Waals surface area contributed by atoms with Gasteiger partial charge in [0.1, 0.15) is 12.7 Å². The Labute approximate surface area is 119 Å². The number of hydrogen-bond donors (Lipinski definition) is 2. The highest BCUT2D eigenvalue weighted by Crippen LogP contribution is 2.06. The molecule has 1 aliphatic heterocycles. The summed E-state index contributed by atoms with van der Waals surface area (Å²) in [6, 6.07) is 0.0650. The van der Waals surface area contributed by atoms with E-state index >= 15 is 0 Å². The summed E-state index contributed by atoms with van der Waals surface area (Å²) in [5, 5.41) is 6.95. The second-order valence-corrected chi connectivity index (χ2v) is 4.83. The largest absolute Gasteiger partial charge is 0.463 e. The zero-order valence-electron chi connectivity index (χ0n) is 11.5. The van der Waals surface area contributed by atoms with Gasteiger partial charge in [0, 0.05) is 13.5 Å². The molecule has 0 fully saturated rings. The van der Waals surface area contributed by atoms with Crippen LogP contribution < -0.4 is 10.6 Å². The summed E-state index contributed by atoms with van der Waals surface area (Å²) >= 11 is 5.18. The number of hydrogen-bond acceptors (Lipinski definition) is 4. The van der Waals surface area contributed by atoms with Gasteiger partial charge in [0.2, 0.25) is 0 Å². The summed E-state index contributed by atoms with van der Waals surface area (Å²) in [4.78, 5) is 10.7. The average Bonchev–Trinajstić information content (AvgIpc) is 2.38. The van der Waals surface area contributed by atoms with Crippen molar-refractivity contribution in [2.24, 2.45) is 0 Å². The van der Waals surface area contributed by atoms with E-state index in [-0.39, 0.29) is 24.7 Å². The summed E-state index contributed by atoms with van der Waals surface area (Å²) in [6.07, 6.45) is 5.96. The zero-order chi connectivity index (χ0) is 14.1. The first-order valence-corrected chi connectivity index (χ1v) is 7.00. The van der Waals surface area contributed by atoms with Crippen molar-refractivity contribution in [1.29, 1.82) is 0 Å². The van der Waals surface area contributed by atoms with Gasteiger partial charge in [-0.15, -0.1) is 0 Å². The number of nitrogens with one attached hydrogen (secondary N) is 2. The van der Waals surface area contributed by atoms with Crippen molar-refractivity contribution in [1.82, 2.24) is 10.6 Å². The number of ether oxygens (including phenoxy) is 2. The molecule has 0 unspecified atom stereocenters. The maximum absolute atomic E-state index is 10.7. The standard InChI is InChI=1S/C13H22N2O3S/c1-3-4-7-14-13(19)15-11-5-6-12(18-8-11)9-17-10(2)16/h5-6,11-12H,3-4,7-9H2,1-2H3,(H2,14,15,19)/t11-,12-/m1/s1. The van der Waals surface area contributed by atoms with Crippen LogP contribution in [0.4, 0.5) is 0 Å². The molecule has 2 atom stereocenters. The highest BCUT2D eigenvalue weighted by atomic mass is 32.1. The van der Waals surface area contributed by atoms with Crippen LogP contribution in [-0.2, 0) is 14.3 Å². The number of thiocarbonyl (C=S) groups is 1. The van der Waals surface area contributed by atoms with Gasteiger partial charge in [0.05, 0.1) is 12.6 Å². The van der Waals surface area contributed by atoms with E-state index in [1.807, 2.05) is 12.2 Å². The van der Waals surface area contributed by atoms with E-state index in [1.165, 1.54) is 6.92 Å². The fourth-order valence-electron chi connectivity index (χ4n) is 1.59. The summed E-state index contributed by atoms with van der Waals surface area (Å²) in [7, 11) is 0. The Hall–Kier alpha value is -1.14. The van der Waals surface area contributed by atoms with Gasteiger partial charge in [-0.1, -0.05) is 25.5 Å². The van der Waals surface area contributed by atoms with Crippen molar-refractivity contribution in [3.63, 3.8) is 0 Å². The summed E-state index contributed by atoms with van der Waals surface area (Å²) in [6.45, 7) is 5.18. The Kier molecular flexibility index (Phi) is 7.43. The third-order valence-electron chi connectivity index (χ3n) is 2.63. The number of rotatable bonds is 6. The van der Waals surface area contributed by atoms with Crippen LogP contribution in [0.2, 0.25) is 0 Å². The van der Waals surface area contributed by atoms with Crippen LogP contribution in [0, 0.1) is 0 Å². The lowest BCUT2D eigenvalue weighted by Gasteiger charge is -2.25. The quantitative estimate of drug-likeness (QED) is 0.330. The van der Waals surface area contributed by atoms with Crippen LogP contribution in [0.25, 0.3) is 0 Å². The van der Waals surface area contributed by atoms with Crippen LogP contribution in [0.1, 0.15) is 26.7 Å². The van der Waals surface area contributed by atoms with Gasteiger partial charge in [-0.2, -0.15) is 0 Å². The topological polar surface area (TPSA) is 59.6 Å². The highest BCUT2D eigenvalue weighted by Gasteiger charge is 2.17. The molecular formula is C13H22N2O3S. The van der Waals surface area contributed by atoms with E-state index in [9.17, 15) is 4.79 Å². The molecule has 1 heterocycles. The SMILES string of the molecule is CCCCNC(=S)N[C@@H]1C=C[C@H](COC(C)=O)OC1. The minimum atomic E-state index is -0.293. The lowest BCUT2D eigenvalue weighted by atomic mass is 10.2. The zero-order valence-corrected chi connectivity index (χ0v) is 12.3. The minimum Gasteiger partial charge on any atom is -0.463 e. The molecule has 0 saturated carbocycles. The van der Waals surface area contributed by atoms with Gasteiger partial charge in [0.15, 0.2) is 5.11 Å². The van der Waals surface area contributed by atoms with Gasteiger partial charge >= 0.3 is 5.97 Å². The molecule has 0 aromatic rings. The first-order valence-electron chi connectivity index (χ1n) is 6.59. The molecular weight excluding hydrogens is 264 g/mol. The van der Waals surface area contributed by atoms with Gasteiger partial charge in [-0.05, 0) is 18.6 Å². The van der Waals surface area contributed by atoms with Crippen molar-refractivity contribution >= 4 is 23.3 Å². The average molecular weight is 286 g/mol.